The van der Waals surface area contributed by atoms with Crippen molar-refractivity contribution < 1.29 is 26.3 Å². The minimum atomic E-state index is -4.77. The van der Waals surface area contributed by atoms with E-state index < -0.39 is 35.6 Å². The summed E-state index contributed by atoms with van der Waals surface area (Å²) in [5.74, 6) is 2.65. The first-order chi connectivity index (χ1) is 16.6. The third kappa shape index (κ3) is 5.68. The molecule has 0 heterocycles. The number of rotatable bonds is 4. The van der Waals surface area contributed by atoms with Gasteiger partial charge in [-0.15, -0.1) is 0 Å². The third-order valence-corrected chi connectivity index (χ3v) is 5.63. The van der Waals surface area contributed by atoms with Gasteiger partial charge in [0.05, 0.1) is 6.42 Å². The van der Waals surface area contributed by atoms with Crippen LogP contribution in [0.5, 0.6) is 0 Å². The molecule has 0 bridgehead atoms. The van der Waals surface area contributed by atoms with Gasteiger partial charge >= 0.3 is 6.18 Å². The summed E-state index contributed by atoms with van der Waals surface area (Å²) in [7, 11) is 0. The van der Waals surface area contributed by atoms with Gasteiger partial charge in [0.15, 0.2) is 0 Å². The molecule has 0 aliphatic heterocycles. The Kier molecular flexibility index (Phi) is 6.88. The minimum Gasteiger partial charge on any atom is -0.207 e. The Labute approximate surface area is 199 Å². The molecule has 6 heteroatoms. The monoisotopic (exact) mass is 482 g/mol. The van der Waals surface area contributed by atoms with E-state index in [1.54, 1.807) is 18.2 Å². The molecule has 0 aliphatic carbocycles. The zero-order valence-corrected chi connectivity index (χ0v) is 18.7. The van der Waals surface area contributed by atoms with Gasteiger partial charge < -0.3 is 0 Å². The summed E-state index contributed by atoms with van der Waals surface area (Å²) < 4.78 is 81.4. The standard InChI is InChI=1S/C29H20F6/c1-2-3-18-4-6-19(7-5-18)8-9-20-10-12-23-21(14-20)11-13-24(28(23)32)22-15-26(30)25(27(31)16-22)17-29(33,34)35/h4-7,10-16H,2-3,17H2,1H3. The summed E-state index contributed by atoms with van der Waals surface area (Å²) >= 11 is 0. The molecule has 0 amide bonds. The molecule has 35 heavy (non-hydrogen) atoms. The van der Waals surface area contributed by atoms with Crippen LogP contribution in [-0.4, -0.2) is 6.18 Å². The van der Waals surface area contributed by atoms with Gasteiger partial charge in [0.2, 0.25) is 0 Å². The summed E-state index contributed by atoms with van der Waals surface area (Å²) in [6.45, 7) is 2.12. The second-order valence-electron chi connectivity index (χ2n) is 8.27. The Bertz CT molecular complexity index is 1410. The van der Waals surface area contributed by atoms with Crippen molar-refractivity contribution >= 4 is 10.8 Å². The highest BCUT2D eigenvalue weighted by Crippen LogP contribution is 2.33. The van der Waals surface area contributed by atoms with Crippen LogP contribution in [0.1, 0.15) is 35.6 Å². The summed E-state index contributed by atoms with van der Waals surface area (Å²) in [5.41, 5.74) is 1.37. The Morgan fingerprint density at radius 1 is 0.743 bits per heavy atom. The van der Waals surface area contributed by atoms with E-state index in [9.17, 15) is 22.0 Å². The van der Waals surface area contributed by atoms with Gasteiger partial charge in [-0.25, -0.2) is 13.2 Å². The molecule has 4 rings (SSSR count). The molecular formula is C29H20F6. The lowest BCUT2D eigenvalue weighted by Crippen LogP contribution is -2.14. The molecule has 4 aromatic carbocycles. The largest absolute Gasteiger partial charge is 0.393 e. The molecule has 0 radical (unpaired) electrons. The first kappa shape index (κ1) is 24.4. The number of fused-ring (bicyclic) bond motifs is 1. The summed E-state index contributed by atoms with van der Waals surface area (Å²) in [6.07, 6.45) is -4.44. The van der Waals surface area contributed by atoms with Gasteiger partial charge in [-0.3, -0.25) is 0 Å². The van der Waals surface area contributed by atoms with Gasteiger partial charge in [0.25, 0.3) is 0 Å². The molecule has 0 N–H and O–H groups in total. The van der Waals surface area contributed by atoms with Crippen LogP contribution < -0.4 is 0 Å². The van der Waals surface area contributed by atoms with Crippen LogP contribution in [0.25, 0.3) is 21.9 Å². The molecule has 0 saturated carbocycles. The van der Waals surface area contributed by atoms with E-state index in [2.05, 4.69) is 18.8 Å². The maximum absolute atomic E-state index is 15.2. The molecule has 0 unspecified atom stereocenters. The van der Waals surface area contributed by atoms with Crippen LogP contribution in [0.3, 0.4) is 0 Å². The number of benzene rings is 4. The summed E-state index contributed by atoms with van der Waals surface area (Å²) in [4.78, 5) is 0. The molecule has 0 spiro atoms. The lowest BCUT2D eigenvalue weighted by atomic mass is 9.97. The van der Waals surface area contributed by atoms with Crippen LogP contribution in [0.15, 0.2) is 66.7 Å². The summed E-state index contributed by atoms with van der Waals surface area (Å²) in [6, 6.07) is 17.2. The van der Waals surface area contributed by atoms with Crippen molar-refractivity contribution in [2.24, 2.45) is 0 Å². The maximum atomic E-state index is 15.2. The lowest BCUT2D eigenvalue weighted by Gasteiger charge is -2.12. The van der Waals surface area contributed by atoms with Crippen molar-refractivity contribution in [3.63, 3.8) is 0 Å². The topological polar surface area (TPSA) is 0 Å². The average molecular weight is 482 g/mol. The molecule has 178 valence electrons. The molecule has 0 fully saturated rings. The van der Waals surface area contributed by atoms with Gasteiger partial charge in [-0.05, 0) is 59.3 Å². The quantitative estimate of drug-likeness (QED) is 0.202. The first-order valence-corrected chi connectivity index (χ1v) is 11.0. The van der Waals surface area contributed by atoms with Crippen LogP contribution in [0.4, 0.5) is 26.3 Å². The Balaban J connectivity index is 1.64. The van der Waals surface area contributed by atoms with E-state index in [0.29, 0.717) is 10.9 Å². The van der Waals surface area contributed by atoms with Crippen LogP contribution in [0, 0.1) is 29.3 Å². The number of halogens is 6. The molecule has 0 aromatic heterocycles. The molecule has 0 saturated heterocycles. The Morgan fingerprint density at radius 2 is 1.37 bits per heavy atom. The number of hydrogen-bond donors (Lipinski definition) is 0. The number of alkyl halides is 3. The summed E-state index contributed by atoms with van der Waals surface area (Å²) in [5, 5.41) is 0.739. The normalized spacial score (nSPS) is 11.4. The predicted molar refractivity (Wildman–Crippen MR) is 125 cm³/mol. The predicted octanol–water partition coefficient (Wildman–Crippen LogP) is 8.38. The fraction of sp³-hybridized carbons (Fsp3) is 0.172. The van der Waals surface area contributed by atoms with Gasteiger partial charge in [0.1, 0.15) is 17.5 Å². The molecule has 0 atom stereocenters. The zero-order valence-electron chi connectivity index (χ0n) is 18.7. The lowest BCUT2D eigenvalue weighted by molar-refractivity contribution is -0.128. The van der Waals surface area contributed by atoms with Gasteiger partial charge in [-0.1, -0.05) is 55.5 Å². The Hall–Kier alpha value is -3.72. The number of hydrogen-bond acceptors (Lipinski definition) is 0. The smallest absolute Gasteiger partial charge is 0.207 e. The SMILES string of the molecule is CCCc1ccc(C#Cc2ccc3c(F)c(-c4cc(F)c(CC(F)(F)F)c(F)c4)ccc3c2)cc1. The van der Waals surface area contributed by atoms with Crippen molar-refractivity contribution in [3.05, 3.63) is 106 Å². The molecule has 0 aliphatic rings. The van der Waals surface area contributed by atoms with E-state index in [1.807, 2.05) is 24.3 Å². The molecule has 0 nitrogen and oxygen atoms in total. The van der Waals surface area contributed by atoms with E-state index >= 15 is 4.39 Å². The van der Waals surface area contributed by atoms with Crippen LogP contribution in [-0.2, 0) is 12.8 Å². The molecular weight excluding hydrogens is 462 g/mol. The van der Waals surface area contributed by atoms with Crippen molar-refractivity contribution in [1.82, 2.24) is 0 Å². The first-order valence-electron chi connectivity index (χ1n) is 11.0. The van der Waals surface area contributed by atoms with E-state index in [1.165, 1.54) is 17.7 Å². The molecule has 4 aromatic rings. The highest BCUT2D eigenvalue weighted by molar-refractivity contribution is 5.89. The van der Waals surface area contributed by atoms with Crippen LogP contribution >= 0.6 is 0 Å². The third-order valence-electron chi connectivity index (χ3n) is 5.63. The zero-order chi connectivity index (χ0) is 25.2. The van der Waals surface area contributed by atoms with E-state index in [4.69, 9.17) is 0 Å². The second-order valence-corrected chi connectivity index (χ2v) is 8.27. The van der Waals surface area contributed by atoms with Crippen molar-refractivity contribution in [2.45, 2.75) is 32.4 Å². The number of aryl methyl sites for hydroxylation is 1. The van der Waals surface area contributed by atoms with E-state index in [-0.39, 0.29) is 16.5 Å². The highest BCUT2D eigenvalue weighted by Gasteiger charge is 2.31. The Morgan fingerprint density at radius 3 is 2.00 bits per heavy atom. The van der Waals surface area contributed by atoms with Crippen molar-refractivity contribution in [3.8, 4) is 23.0 Å². The highest BCUT2D eigenvalue weighted by atomic mass is 19.4. The van der Waals surface area contributed by atoms with Gasteiger partial charge in [0, 0.05) is 27.6 Å². The fourth-order valence-electron chi connectivity index (χ4n) is 3.91. The van der Waals surface area contributed by atoms with E-state index in [0.717, 1.165) is 30.5 Å². The maximum Gasteiger partial charge on any atom is 0.393 e. The van der Waals surface area contributed by atoms with Crippen molar-refractivity contribution in [2.75, 3.05) is 0 Å². The average Bonchev–Trinajstić information content (AvgIpc) is 2.81. The minimum absolute atomic E-state index is 0.111. The van der Waals surface area contributed by atoms with Gasteiger partial charge in [-0.2, -0.15) is 13.2 Å². The second kappa shape index (κ2) is 9.87. The fourth-order valence-corrected chi connectivity index (χ4v) is 3.91. The van der Waals surface area contributed by atoms with Crippen LogP contribution in [0.2, 0.25) is 0 Å². The van der Waals surface area contributed by atoms with Crippen molar-refractivity contribution in [1.29, 1.82) is 0 Å².